The number of aliphatic carboxylic acids is 1. The van der Waals surface area contributed by atoms with E-state index in [2.05, 4.69) is 9.97 Å². The number of anilines is 2. The zero-order chi connectivity index (χ0) is 25.2. The highest BCUT2D eigenvalue weighted by atomic mass is 16.7. The van der Waals surface area contributed by atoms with Gasteiger partial charge in [0.15, 0.2) is 23.9 Å². The van der Waals surface area contributed by atoms with Crippen molar-refractivity contribution in [2.24, 2.45) is 0 Å². The number of ether oxygens (including phenoxy) is 5. The molecule has 2 aromatic rings. The normalized spacial score (nSPS) is 25.4. The standard InChI is InChI=1S/C20H26N4O10/c1-30-9-4-7(5-10(31-2)15(9)32-3)14(8-6-23-20(22)24-17(8)21)33-19-13(27)11(25)12(26)16(34-19)18(28)29/h4-6,11-14,16,19,25-27H,1-3H3,(H,28,29)(H4,21,22,23,24)/t11-,12-,13+,14?,16-,19+/m0/s1. The average molecular weight is 482 g/mol. The van der Waals surface area contributed by atoms with Gasteiger partial charge in [0, 0.05) is 11.8 Å². The molecule has 186 valence electrons. The van der Waals surface area contributed by atoms with Gasteiger partial charge >= 0.3 is 5.97 Å². The van der Waals surface area contributed by atoms with Gasteiger partial charge in [0.05, 0.1) is 21.3 Å². The van der Waals surface area contributed by atoms with Crippen molar-refractivity contribution in [2.75, 3.05) is 32.8 Å². The molecule has 1 saturated heterocycles. The third-order valence-corrected chi connectivity index (χ3v) is 5.22. The van der Waals surface area contributed by atoms with E-state index in [1.54, 1.807) is 0 Å². The summed E-state index contributed by atoms with van der Waals surface area (Å²) >= 11 is 0. The highest BCUT2D eigenvalue weighted by Gasteiger charge is 2.48. The number of nitrogens with two attached hydrogens (primary N) is 2. The highest BCUT2D eigenvalue weighted by molar-refractivity contribution is 5.73. The molecule has 1 fully saturated rings. The van der Waals surface area contributed by atoms with E-state index in [4.69, 9.17) is 35.2 Å². The van der Waals surface area contributed by atoms with E-state index >= 15 is 0 Å². The lowest BCUT2D eigenvalue weighted by atomic mass is 9.98. The number of carbonyl (C=O) groups is 1. The Kier molecular flexibility index (Phi) is 7.58. The maximum Gasteiger partial charge on any atom is 0.335 e. The number of rotatable bonds is 8. The van der Waals surface area contributed by atoms with E-state index in [0.29, 0.717) is 5.56 Å². The van der Waals surface area contributed by atoms with Crippen LogP contribution in [-0.4, -0.2) is 88.4 Å². The molecule has 2 heterocycles. The second-order valence-electron chi connectivity index (χ2n) is 7.28. The number of aliphatic hydroxyl groups excluding tert-OH is 3. The summed E-state index contributed by atoms with van der Waals surface area (Å²) in [7, 11) is 4.23. The van der Waals surface area contributed by atoms with Gasteiger partial charge in [0.25, 0.3) is 0 Å². The van der Waals surface area contributed by atoms with Crippen molar-refractivity contribution in [3.63, 3.8) is 0 Å². The van der Waals surface area contributed by atoms with Gasteiger partial charge in [-0.25, -0.2) is 9.78 Å². The Labute approximate surface area is 193 Å². The molecule has 3 rings (SSSR count). The van der Waals surface area contributed by atoms with Gasteiger partial charge in [0.2, 0.25) is 11.7 Å². The summed E-state index contributed by atoms with van der Waals surface area (Å²) in [5, 5.41) is 39.9. The first kappa shape index (κ1) is 25.2. The third kappa shape index (κ3) is 4.76. The largest absolute Gasteiger partial charge is 0.493 e. The van der Waals surface area contributed by atoms with Crippen LogP contribution in [-0.2, 0) is 14.3 Å². The average Bonchev–Trinajstić information content (AvgIpc) is 2.81. The Morgan fingerprint density at radius 3 is 2.15 bits per heavy atom. The summed E-state index contributed by atoms with van der Waals surface area (Å²) in [5.74, 6) is -0.955. The monoisotopic (exact) mass is 482 g/mol. The van der Waals surface area contributed by atoms with Crippen LogP contribution in [0.4, 0.5) is 11.8 Å². The molecular formula is C20H26N4O10. The van der Waals surface area contributed by atoms with Gasteiger partial charge in [-0.15, -0.1) is 0 Å². The second kappa shape index (κ2) is 10.2. The minimum Gasteiger partial charge on any atom is -0.493 e. The summed E-state index contributed by atoms with van der Waals surface area (Å²) in [6.45, 7) is 0. The highest BCUT2D eigenvalue weighted by Crippen LogP contribution is 2.43. The maximum absolute atomic E-state index is 11.5. The second-order valence-corrected chi connectivity index (χ2v) is 7.28. The van der Waals surface area contributed by atoms with E-state index in [1.807, 2.05) is 0 Å². The summed E-state index contributed by atoms with van der Waals surface area (Å²) in [6.07, 6.45) is -9.08. The van der Waals surface area contributed by atoms with Gasteiger partial charge in [-0.05, 0) is 17.7 Å². The lowest BCUT2D eigenvalue weighted by Crippen LogP contribution is -2.60. The number of benzene rings is 1. The number of nitrogen functional groups attached to an aromatic ring is 2. The Balaban J connectivity index is 2.12. The van der Waals surface area contributed by atoms with Crippen LogP contribution in [0, 0.1) is 0 Å². The van der Waals surface area contributed by atoms with E-state index in [9.17, 15) is 25.2 Å². The molecule has 1 aromatic carbocycles. The van der Waals surface area contributed by atoms with Crippen LogP contribution in [0.25, 0.3) is 0 Å². The quantitative estimate of drug-likeness (QED) is 0.256. The number of aromatic nitrogens is 2. The zero-order valence-electron chi connectivity index (χ0n) is 18.5. The van der Waals surface area contributed by atoms with Crippen molar-refractivity contribution in [1.82, 2.24) is 9.97 Å². The Hall–Kier alpha value is -3.43. The number of aliphatic hydroxyl groups is 3. The topological polar surface area (TPSA) is 222 Å². The van der Waals surface area contributed by atoms with Crippen molar-refractivity contribution in [2.45, 2.75) is 36.8 Å². The van der Waals surface area contributed by atoms with Crippen molar-refractivity contribution in [3.05, 3.63) is 29.5 Å². The van der Waals surface area contributed by atoms with E-state index in [1.165, 1.54) is 39.7 Å². The summed E-state index contributed by atoms with van der Waals surface area (Å²) in [6, 6.07) is 3.05. The van der Waals surface area contributed by atoms with Crippen molar-refractivity contribution >= 4 is 17.7 Å². The predicted octanol–water partition coefficient (Wildman–Crippen LogP) is -1.33. The first-order valence-electron chi connectivity index (χ1n) is 9.88. The van der Waals surface area contributed by atoms with E-state index < -0.39 is 42.8 Å². The first-order chi connectivity index (χ1) is 16.1. The lowest BCUT2D eigenvalue weighted by Gasteiger charge is -2.40. The van der Waals surface area contributed by atoms with Crippen LogP contribution >= 0.6 is 0 Å². The molecule has 8 N–H and O–H groups in total. The molecule has 0 aliphatic carbocycles. The maximum atomic E-state index is 11.5. The van der Waals surface area contributed by atoms with Gasteiger partial charge < -0.3 is 55.6 Å². The number of nitrogens with zero attached hydrogens (tertiary/aromatic N) is 2. The minimum atomic E-state index is -1.89. The van der Waals surface area contributed by atoms with E-state index in [0.717, 1.165) is 0 Å². The molecule has 1 aromatic heterocycles. The van der Waals surface area contributed by atoms with Gasteiger partial charge in [-0.2, -0.15) is 4.98 Å². The van der Waals surface area contributed by atoms with Crippen molar-refractivity contribution in [3.8, 4) is 17.2 Å². The first-order valence-corrected chi connectivity index (χ1v) is 9.88. The predicted molar refractivity (Wildman–Crippen MR) is 114 cm³/mol. The molecule has 1 unspecified atom stereocenters. The molecule has 14 nitrogen and oxygen atoms in total. The molecule has 0 spiro atoms. The number of hydrogen-bond donors (Lipinski definition) is 6. The fourth-order valence-corrected chi connectivity index (χ4v) is 3.50. The SMILES string of the molecule is COc1cc(C(O[C@@H]2O[C@H](C(=O)O)[C@@H](O)[C@H](O)[C@H]2O)c2cnc(N)nc2N)cc(OC)c1OC. The van der Waals surface area contributed by atoms with Crippen LogP contribution in [0.3, 0.4) is 0 Å². The summed E-state index contributed by atoms with van der Waals surface area (Å²) in [4.78, 5) is 19.3. The molecule has 0 radical (unpaired) electrons. The molecule has 1 aliphatic rings. The molecule has 0 saturated carbocycles. The molecule has 14 heteroatoms. The number of carboxylic acid groups (broad SMARTS) is 1. The van der Waals surface area contributed by atoms with E-state index in [-0.39, 0.29) is 34.6 Å². The minimum absolute atomic E-state index is 0.0769. The Morgan fingerprint density at radius 2 is 1.65 bits per heavy atom. The molecule has 34 heavy (non-hydrogen) atoms. The number of carboxylic acids is 1. The molecule has 6 atom stereocenters. The Bertz CT molecular complexity index is 1010. The van der Waals surface area contributed by atoms with Gasteiger partial charge in [-0.3, -0.25) is 0 Å². The van der Waals surface area contributed by atoms with Gasteiger partial charge in [-0.1, -0.05) is 0 Å². The van der Waals surface area contributed by atoms with Crippen LogP contribution in [0.15, 0.2) is 18.3 Å². The van der Waals surface area contributed by atoms with Crippen LogP contribution < -0.4 is 25.7 Å². The van der Waals surface area contributed by atoms with Gasteiger partial charge in [0.1, 0.15) is 30.2 Å². The summed E-state index contributed by atoms with van der Waals surface area (Å²) < 4.78 is 27.2. The fourth-order valence-electron chi connectivity index (χ4n) is 3.50. The van der Waals surface area contributed by atoms with Crippen molar-refractivity contribution < 1.29 is 48.9 Å². The molecule has 0 amide bonds. The summed E-state index contributed by atoms with van der Waals surface area (Å²) in [5.41, 5.74) is 12.1. The number of hydrogen-bond acceptors (Lipinski definition) is 13. The molecule has 0 bridgehead atoms. The lowest BCUT2D eigenvalue weighted by molar-refractivity contribution is -0.302. The number of methoxy groups -OCH3 is 3. The third-order valence-electron chi connectivity index (χ3n) is 5.22. The molecule has 1 aliphatic heterocycles. The smallest absolute Gasteiger partial charge is 0.335 e. The van der Waals surface area contributed by atoms with Crippen LogP contribution in [0.2, 0.25) is 0 Å². The Morgan fingerprint density at radius 1 is 1.03 bits per heavy atom. The molecular weight excluding hydrogens is 456 g/mol. The van der Waals surface area contributed by atoms with Crippen LogP contribution in [0.1, 0.15) is 17.2 Å². The fraction of sp³-hybridized carbons (Fsp3) is 0.450. The van der Waals surface area contributed by atoms with Crippen LogP contribution in [0.5, 0.6) is 17.2 Å². The zero-order valence-corrected chi connectivity index (χ0v) is 18.5. The van der Waals surface area contributed by atoms with Crippen molar-refractivity contribution in [1.29, 1.82) is 0 Å².